The van der Waals surface area contributed by atoms with Crippen LogP contribution in [0.25, 0.3) is 0 Å². The van der Waals surface area contributed by atoms with E-state index in [4.69, 9.17) is 0 Å². The van der Waals surface area contributed by atoms with Gasteiger partial charge in [0.25, 0.3) is 11.1 Å². The first kappa shape index (κ1) is 13.3. The van der Waals surface area contributed by atoms with E-state index in [1.54, 1.807) is 17.8 Å². The number of anilines is 1. The molecule has 0 bridgehead atoms. The number of thioether (sulfide) groups is 2. The lowest BCUT2D eigenvalue weighted by atomic mass is 10.3. The molecule has 0 radical (unpaired) electrons. The summed E-state index contributed by atoms with van der Waals surface area (Å²) in [7, 11) is 0. The van der Waals surface area contributed by atoms with Gasteiger partial charge in [-0.1, -0.05) is 23.9 Å². The highest BCUT2D eigenvalue weighted by molar-refractivity contribution is 8.18. The van der Waals surface area contributed by atoms with Crippen molar-refractivity contribution in [1.82, 2.24) is 5.32 Å². The molecule has 2 heterocycles. The fourth-order valence-corrected chi connectivity index (χ4v) is 3.84. The molecule has 0 unspecified atom stereocenters. The summed E-state index contributed by atoms with van der Waals surface area (Å²) in [5, 5.41) is 3.00. The number of allylic oxidation sites excluding steroid dienone is 2. The maximum absolute atomic E-state index is 11.5. The number of carbonyl (C=O) groups excluding carboxylic acids is 2. The summed E-state index contributed by atoms with van der Waals surface area (Å²) < 4.78 is 0. The minimum Gasteiger partial charge on any atom is -0.335 e. The molecule has 2 aliphatic rings. The predicted molar refractivity (Wildman–Crippen MR) is 82.6 cm³/mol. The fraction of sp³-hybridized carbons (Fsp3) is 0.143. The Bertz CT molecular complexity index is 652. The van der Waals surface area contributed by atoms with E-state index in [9.17, 15) is 9.59 Å². The Hall–Kier alpha value is -1.66. The highest BCUT2D eigenvalue weighted by atomic mass is 32.2. The van der Waals surface area contributed by atoms with Gasteiger partial charge in [-0.25, -0.2) is 0 Å². The molecule has 102 valence electrons. The van der Waals surface area contributed by atoms with Crippen molar-refractivity contribution in [2.75, 3.05) is 11.4 Å². The van der Waals surface area contributed by atoms with E-state index in [0.717, 1.165) is 23.3 Å². The molecule has 6 heteroatoms. The van der Waals surface area contributed by atoms with E-state index in [0.29, 0.717) is 4.91 Å². The van der Waals surface area contributed by atoms with Crippen LogP contribution >= 0.6 is 23.5 Å². The maximum Gasteiger partial charge on any atom is 0.290 e. The third kappa shape index (κ3) is 2.36. The Kier molecular flexibility index (Phi) is 3.58. The number of hydrogen-bond donors (Lipinski definition) is 1. The van der Waals surface area contributed by atoms with Crippen LogP contribution in [-0.4, -0.2) is 17.7 Å². The maximum atomic E-state index is 11.5. The van der Waals surface area contributed by atoms with Crippen molar-refractivity contribution in [3.63, 3.8) is 0 Å². The van der Waals surface area contributed by atoms with Gasteiger partial charge in [0.15, 0.2) is 0 Å². The number of rotatable bonds is 2. The number of carbonyl (C=O) groups is 2. The molecular formula is C14H12N2O2S2. The normalized spacial score (nSPS) is 21.8. The van der Waals surface area contributed by atoms with Gasteiger partial charge in [-0.15, -0.1) is 0 Å². The van der Waals surface area contributed by atoms with Crippen molar-refractivity contribution < 1.29 is 9.59 Å². The van der Waals surface area contributed by atoms with Gasteiger partial charge in [0, 0.05) is 11.4 Å². The molecule has 4 nitrogen and oxygen atoms in total. The minimum absolute atomic E-state index is 0.311. The summed E-state index contributed by atoms with van der Waals surface area (Å²) in [6.45, 7) is 2.95. The lowest BCUT2D eigenvalue weighted by Crippen LogP contribution is -2.18. The second-order valence-corrected chi connectivity index (χ2v) is 6.27. The number of para-hydroxylation sites is 1. The average Bonchev–Trinajstić information content (AvgIpc) is 2.95. The van der Waals surface area contributed by atoms with Gasteiger partial charge in [-0.3, -0.25) is 14.9 Å². The fourth-order valence-electron chi connectivity index (χ4n) is 2.09. The van der Waals surface area contributed by atoms with Crippen molar-refractivity contribution in [2.24, 2.45) is 0 Å². The largest absolute Gasteiger partial charge is 0.335 e. The third-order valence-electron chi connectivity index (χ3n) is 2.97. The monoisotopic (exact) mass is 304 g/mol. The lowest BCUT2D eigenvalue weighted by molar-refractivity contribution is -0.115. The highest BCUT2D eigenvalue weighted by Crippen LogP contribution is 2.45. The molecule has 0 aliphatic carbocycles. The molecule has 0 atom stereocenters. The van der Waals surface area contributed by atoms with Gasteiger partial charge in [-0.05, 0) is 43.0 Å². The summed E-state index contributed by atoms with van der Waals surface area (Å²) in [5.74, 6) is -0.319. The Balaban J connectivity index is 1.89. The Morgan fingerprint density at radius 2 is 2.00 bits per heavy atom. The summed E-state index contributed by atoms with van der Waals surface area (Å²) >= 11 is 2.61. The van der Waals surface area contributed by atoms with E-state index in [2.05, 4.69) is 29.3 Å². The second-order valence-electron chi connectivity index (χ2n) is 4.19. The summed E-state index contributed by atoms with van der Waals surface area (Å²) in [4.78, 5) is 26.4. The molecule has 1 aromatic carbocycles. The van der Waals surface area contributed by atoms with Gasteiger partial charge in [0.1, 0.15) is 0 Å². The molecule has 1 fully saturated rings. The first-order chi connectivity index (χ1) is 9.69. The van der Waals surface area contributed by atoms with Crippen LogP contribution < -0.4 is 10.2 Å². The molecule has 20 heavy (non-hydrogen) atoms. The molecule has 1 N–H and O–H groups in total. The van der Waals surface area contributed by atoms with Crippen LogP contribution in [0.3, 0.4) is 0 Å². The Labute approximate surface area is 125 Å². The van der Waals surface area contributed by atoms with Crippen molar-refractivity contribution in [2.45, 2.75) is 11.8 Å². The molecule has 1 aromatic rings. The zero-order valence-corrected chi connectivity index (χ0v) is 12.4. The van der Waals surface area contributed by atoms with Crippen LogP contribution in [0.2, 0.25) is 0 Å². The number of nitrogens with zero attached hydrogens (tertiary/aromatic N) is 1. The average molecular weight is 304 g/mol. The quantitative estimate of drug-likeness (QED) is 0.849. The molecule has 0 spiro atoms. The topological polar surface area (TPSA) is 49.4 Å². The molecule has 1 saturated heterocycles. The number of nitrogens with one attached hydrogen (secondary N) is 1. The Morgan fingerprint density at radius 3 is 2.70 bits per heavy atom. The van der Waals surface area contributed by atoms with Crippen LogP contribution in [-0.2, 0) is 4.79 Å². The SMILES string of the molecule is CCN1/C(=C/C=C2/SC(=O)NC2=O)Sc2ccccc21. The van der Waals surface area contributed by atoms with Crippen molar-refractivity contribution in [3.8, 4) is 0 Å². The number of fused-ring (bicyclic) bond motifs is 1. The first-order valence-corrected chi connectivity index (χ1v) is 7.82. The van der Waals surface area contributed by atoms with Gasteiger partial charge in [0.2, 0.25) is 0 Å². The Morgan fingerprint density at radius 1 is 1.20 bits per heavy atom. The minimum atomic E-state index is -0.319. The molecule has 2 amide bonds. The van der Waals surface area contributed by atoms with Crippen LogP contribution in [0, 0.1) is 0 Å². The number of imide groups is 1. The summed E-state index contributed by atoms with van der Waals surface area (Å²) in [6, 6.07) is 8.19. The zero-order valence-electron chi connectivity index (χ0n) is 10.8. The molecule has 0 saturated carbocycles. The predicted octanol–water partition coefficient (Wildman–Crippen LogP) is 3.33. The van der Waals surface area contributed by atoms with E-state index in [-0.39, 0.29) is 11.1 Å². The van der Waals surface area contributed by atoms with E-state index < -0.39 is 0 Å². The van der Waals surface area contributed by atoms with Crippen molar-refractivity contribution in [3.05, 3.63) is 46.4 Å². The van der Waals surface area contributed by atoms with E-state index >= 15 is 0 Å². The van der Waals surface area contributed by atoms with Gasteiger partial charge in [-0.2, -0.15) is 0 Å². The highest BCUT2D eigenvalue weighted by Gasteiger charge is 2.26. The summed E-state index contributed by atoms with van der Waals surface area (Å²) in [5.41, 5.74) is 1.18. The number of hydrogen-bond acceptors (Lipinski definition) is 5. The zero-order chi connectivity index (χ0) is 14.1. The van der Waals surface area contributed by atoms with Crippen LogP contribution in [0.1, 0.15) is 6.92 Å². The van der Waals surface area contributed by atoms with E-state index in [1.165, 1.54) is 10.6 Å². The lowest BCUT2D eigenvalue weighted by Gasteiger charge is -2.17. The first-order valence-electron chi connectivity index (χ1n) is 6.18. The van der Waals surface area contributed by atoms with Crippen LogP contribution in [0.4, 0.5) is 10.5 Å². The number of benzene rings is 1. The molecule has 0 aromatic heterocycles. The van der Waals surface area contributed by atoms with Gasteiger partial charge >= 0.3 is 0 Å². The third-order valence-corrected chi connectivity index (χ3v) is 4.93. The second kappa shape index (κ2) is 5.38. The molecular weight excluding hydrogens is 292 g/mol. The van der Waals surface area contributed by atoms with Crippen molar-refractivity contribution in [1.29, 1.82) is 0 Å². The summed E-state index contributed by atoms with van der Waals surface area (Å²) in [6.07, 6.45) is 3.61. The van der Waals surface area contributed by atoms with Gasteiger partial charge in [0.05, 0.1) is 15.6 Å². The number of amides is 2. The van der Waals surface area contributed by atoms with Crippen LogP contribution in [0.5, 0.6) is 0 Å². The van der Waals surface area contributed by atoms with Gasteiger partial charge < -0.3 is 4.90 Å². The van der Waals surface area contributed by atoms with Crippen molar-refractivity contribution >= 4 is 40.4 Å². The standard InChI is InChI=1S/C14H12N2O2S2/c1-2-16-9-5-3-4-6-10(9)19-12(16)8-7-11-13(17)15-14(18)20-11/h3-8H,2H2,1H3,(H,15,17,18)/b11-7+,12-8-. The molecule has 3 rings (SSSR count). The molecule has 2 aliphatic heterocycles. The van der Waals surface area contributed by atoms with Crippen LogP contribution in [0.15, 0.2) is 51.2 Å². The smallest absolute Gasteiger partial charge is 0.290 e. The van der Waals surface area contributed by atoms with E-state index in [1.807, 2.05) is 18.2 Å².